The highest BCUT2D eigenvalue weighted by Crippen LogP contribution is 2.20. The number of nitrogens with zero attached hydrogens (tertiary/aromatic N) is 2. The lowest BCUT2D eigenvalue weighted by molar-refractivity contribution is 0.0690. The van der Waals surface area contributed by atoms with Gasteiger partial charge in [0.1, 0.15) is 0 Å². The first-order valence-corrected chi connectivity index (χ1v) is 4.59. The van der Waals surface area contributed by atoms with E-state index in [1.165, 1.54) is 11.3 Å². The maximum absolute atomic E-state index is 10.7. The lowest BCUT2D eigenvalue weighted by atomic mass is 10.3. The number of carboxylic acid groups (broad SMARTS) is 1. The van der Waals surface area contributed by atoms with Crippen molar-refractivity contribution in [2.24, 2.45) is 0 Å². The second kappa shape index (κ2) is 2.56. The Labute approximate surface area is 78.5 Å². The molecule has 2 rings (SSSR count). The fraction of sp³-hybridized carbons (Fsp3) is 0.250. The predicted molar refractivity (Wildman–Crippen MR) is 49.5 cm³/mol. The molecule has 13 heavy (non-hydrogen) atoms. The van der Waals surface area contributed by atoms with Crippen LogP contribution in [0.5, 0.6) is 0 Å². The van der Waals surface area contributed by atoms with E-state index in [9.17, 15) is 4.79 Å². The second-order valence-electron chi connectivity index (χ2n) is 2.85. The average Bonchev–Trinajstić information content (AvgIpc) is 2.51. The second-order valence-corrected chi connectivity index (χ2v) is 4.06. The van der Waals surface area contributed by atoms with Gasteiger partial charge in [0.15, 0.2) is 10.7 Å². The van der Waals surface area contributed by atoms with Crippen LogP contribution in [0, 0.1) is 13.8 Å². The molecule has 4 nitrogen and oxygen atoms in total. The van der Waals surface area contributed by atoms with Gasteiger partial charge >= 0.3 is 5.97 Å². The van der Waals surface area contributed by atoms with Gasteiger partial charge in [0.25, 0.3) is 0 Å². The van der Waals surface area contributed by atoms with Crippen LogP contribution in [0.25, 0.3) is 4.96 Å². The minimum Gasteiger partial charge on any atom is -0.476 e. The molecular weight excluding hydrogens is 188 g/mol. The Morgan fingerprint density at radius 1 is 1.62 bits per heavy atom. The Balaban J connectivity index is 2.76. The first-order valence-electron chi connectivity index (χ1n) is 3.78. The van der Waals surface area contributed by atoms with Crippen LogP contribution in [0.15, 0.2) is 6.20 Å². The normalized spacial score (nSPS) is 10.9. The zero-order valence-electron chi connectivity index (χ0n) is 7.24. The van der Waals surface area contributed by atoms with E-state index in [4.69, 9.17) is 5.11 Å². The van der Waals surface area contributed by atoms with Crippen molar-refractivity contribution in [3.8, 4) is 0 Å². The number of hydrogen-bond donors (Lipinski definition) is 1. The van der Waals surface area contributed by atoms with Crippen molar-refractivity contribution in [1.29, 1.82) is 0 Å². The highest BCUT2D eigenvalue weighted by Gasteiger charge is 2.15. The topological polar surface area (TPSA) is 54.6 Å². The van der Waals surface area contributed by atoms with Crippen molar-refractivity contribution >= 4 is 22.3 Å². The fourth-order valence-electron chi connectivity index (χ4n) is 1.27. The molecular formula is C8H8N2O2S. The summed E-state index contributed by atoms with van der Waals surface area (Å²) in [6.07, 6.45) is 1.90. The molecule has 1 N–H and O–H groups in total. The molecule has 0 aromatic carbocycles. The van der Waals surface area contributed by atoms with Gasteiger partial charge < -0.3 is 5.11 Å². The number of thiazole rings is 1. The summed E-state index contributed by atoms with van der Waals surface area (Å²) >= 11 is 1.49. The zero-order chi connectivity index (χ0) is 9.59. The highest BCUT2D eigenvalue weighted by atomic mass is 32.1. The van der Waals surface area contributed by atoms with Crippen molar-refractivity contribution in [2.75, 3.05) is 0 Å². The zero-order valence-corrected chi connectivity index (χ0v) is 8.05. The molecule has 0 atom stereocenters. The quantitative estimate of drug-likeness (QED) is 0.755. The molecule has 0 radical (unpaired) electrons. The summed E-state index contributed by atoms with van der Waals surface area (Å²) in [6, 6.07) is 0. The number of carbonyl (C=O) groups is 1. The van der Waals surface area contributed by atoms with Crippen LogP contribution in [-0.2, 0) is 0 Å². The van der Waals surface area contributed by atoms with Crippen molar-refractivity contribution in [2.45, 2.75) is 13.8 Å². The van der Waals surface area contributed by atoms with Gasteiger partial charge in [-0.2, -0.15) is 0 Å². The molecule has 0 spiro atoms. The van der Waals surface area contributed by atoms with Crippen LogP contribution in [0.3, 0.4) is 0 Å². The van der Waals surface area contributed by atoms with Gasteiger partial charge in [-0.25, -0.2) is 9.78 Å². The average molecular weight is 196 g/mol. The van der Waals surface area contributed by atoms with Gasteiger partial charge in [0.2, 0.25) is 0 Å². The molecule has 0 aliphatic carbocycles. The maximum atomic E-state index is 10.7. The van der Waals surface area contributed by atoms with Crippen molar-refractivity contribution in [1.82, 2.24) is 9.38 Å². The van der Waals surface area contributed by atoms with Crippen molar-refractivity contribution < 1.29 is 9.90 Å². The molecule has 2 aromatic heterocycles. The molecule has 0 aliphatic rings. The van der Waals surface area contributed by atoms with E-state index in [0.29, 0.717) is 5.69 Å². The predicted octanol–water partition coefficient (Wildman–Crippen LogP) is 1.71. The van der Waals surface area contributed by atoms with Gasteiger partial charge in [-0.1, -0.05) is 0 Å². The lowest BCUT2D eigenvalue weighted by Gasteiger charge is -1.89. The molecule has 5 heteroatoms. The number of aryl methyl sites for hydroxylation is 2. The molecule has 0 amide bonds. The molecule has 0 saturated heterocycles. The highest BCUT2D eigenvalue weighted by molar-refractivity contribution is 7.17. The lowest BCUT2D eigenvalue weighted by Crippen LogP contribution is -1.99. The molecule has 68 valence electrons. The maximum Gasteiger partial charge on any atom is 0.356 e. The minimum absolute atomic E-state index is 0.145. The smallest absolute Gasteiger partial charge is 0.356 e. The molecule has 2 aromatic rings. The fourth-order valence-corrected chi connectivity index (χ4v) is 2.14. The van der Waals surface area contributed by atoms with Crippen molar-refractivity contribution in [3.05, 3.63) is 22.5 Å². The molecule has 0 fully saturated rings. The Morgan fingerprint density at radius 2 is 2.31 bits per heavy atom. The SMILES string of the molecule is Cc1cn2c(C)c(C(=O)O)nc2s1. The number of imidazole rings is 1. The van der Waals surface area contributed by atoms with E-state index in [-0.39, 0.29) is 5.69 Å². The number of aromatic nitrogens is 2. The van der Waals surface area contributed by atoms with E-state index >= 15 is 0 Å². The van der Waals surface area contributed by atoms with Crippen LogP contribution >= 0.6 is 11.3 Å². The summed E-state index contributed by atoms with van der Waals surface area (Å²) in [5.74, 6) is -0.967. The van der Waals surface area contributed by atoms with E-state index in [1.54, 1.807) is 6.92 Å². The van der Waals surface area contributed by atoms with Gasteiger partial charge in [0.05, 0.1) is 5.69 Å². The van der Waals surface area contributed by atoms with E-state index in [0.717, 1.165) is 9.84 Å². The third kappa shape index (κ3) is 1.12. The van der Waals surface area contributed by atoms with E-state index in [2.05, 4.69) is 4.98 Å². The standard InChI is InChI=1S/C8H8N2O2S/c1-4-3-10-5(2)6(7(11)12)9-8(10)13-4/h3H,1-2H3,(H,11,12). The number of aromatic carboxylic acids is 1. The van der Waals surface area contributed by atoms with Crippen LogP contribution < -0.4 is 0 Å². The van der Waals surface area contributed by atoms with Gasteiger partial charge in [0, 0.05) is 11.1 Å². The Hall–Kier alpha value is -1.36. The Kier molecular flexibility index (Phi) is 1.63. The monoisotopic (exact) mass is 196 g/mol. The number of carboxylic acids is 1. The summed E-state index contributed by atoms with van der Waals surface area (Å²) in [6.45, 7) is 3.73. The first kappa shape index (κ1) is 8.25. The van der Waals surface area contributed by atoms with Gasteiger partial charge in [-0.15, -0.1) is 11.3 Å². The largest absolute Gasteiger partial charge is 0.476 e. The van der Waals surface area contributed by atoms with E-state index < -0.39 is 5.97 Å². The molecule has 0 bridgehead atoms. The Bertz CT molecular complexity index is 484. The number of fused-ring (bicyclic) bond motifs is 1. The van der Waals surface area contributed by atoms with E-state index in [1.807, 2.05) is 17.5 Å². The molecule has 0 saturated carbocycles. The summed E-state index contributed by atoms with van der Waals surface area (Å²) in [4.78, 5) is 16.6. The van der Waals surface area contributed by atoms with Crippen molar-refractivity contribution in [3.63, 3.8) is 0 Å². The van der Waals surface area contributed by atoms with Gasteiger partial charge in [-0.3, -0.25) is 4.40 Å². The summed E-state index contributed by atoms with van der Waals surface area (Å²) < 4.78 is 1.81. The Morgan fingerprint density at radius 3 is 2.85 bits per heavy atom. The van der Waals surface area contributed by atoms with Gasteiger partial charge in [-0.05, 0) is 13.8 Å². The summed E-state index contributed by atoms with van der Waals surface area (Å²) in [7, 11) is 0. The third-order valence-electron chi connectivity index (χ3n) is 1.88. The molecule has 0 unspecified atom stereocenters. The number of rotatable bonds is 1. The van der Waals surface area contributed by atoms with Crippen LogP contribution in [0.4, 0.5) is 0 Å². The van der Waals surface area contributed by atoms with Crippen LogP contribution in [-0.4, -0.2) is 20.5 Å². The summed E-state index contributed by atoms with van der Waals surface area (Å²) in [5.41, 5.74) is 0.832. The first-order chi connectivity index (χ1) is 6.09. The summed E-state index contributed by atoms with van der Waals surface area (Å²) in [5, 5.41) is 8.78. The third-order valence-corrected chi connectivity index (χ3v) is 2.78. The molecule has 2 heterocycles. The minimum atomic E-state index is -0.967. The molecule has 0 aliphatic heterocycles. The van der Waals surface area contributed by atoms with Crippen LogP contribution in [0.1, 0.15) is 21.1 Å². The number of hydrogen-bond acceptors (Lipinski definition) is 3. The van der Waals surface area contributed by atoms with Crippen LogP contribution in [0.2, 0.25) is 0 Å².